The van der Waals surface area contributed by atoms with Crippen LogP contribution in [0.2, 0.25) is 0 Å². The summed E-state index contributed by atoms with van der Waals surface area (Å²) in [6.07, 6.45) is 0.333. The molecule has 0 saturated heterocycles. The maximum Gasteiger partial charge on any atom is 0.309 e. The van der Waals surface area contributed by atoms with Crippen molar-refractivity contribution in [1.29, 1.82) is 0 Å². The summed E-state index contributed by atoms with van der Waals surface area (Å²) in [6, 6.07) is 15.4. The fraction of sp³-hybridized carbons (Fsp3) is 0.250. The Bertz CT molecular complexity index is 783. The van der Waals surface area contributed by atoms with Gasteiger partial charge in [0.15, 0.2) is 0 Å². The van der Waals surface area contributed by atoms with E-state index in [-0.39, 0.29) is 18.4 Å². The van der Waals surface area contributed by atoms with Gasteiger partial charge in [-0.3, -0.25) is 14.4 Å². The number of hydrogen-bond donors (Lipinski definition) is 3. The van der Waals surface area contributed by atoms with Gasteiger partial charge in [0.2, 0.25) is 0 Å². The highest BCUT2D eigenvalue weighted by atomic mass is 16.4. The molecule has 136 valence electrons. The maximum atomic E-state index is 12.1. The molecule has 2 aromatic carbocycles. The molecule has 2 amide bonds. The Morgan fingerprint density at radius 3 is 2.04 bits per heavy atom. The lowest BCUT2D eigenvalue weighted by atomic mass is 9.90. The first kappa shape index (κ1) is 19.2. The second-order valence-electron chi connectivity index (χ2n) is 6.59. The van der Waals surface area contributed by atoms with Crippen molar-refractivity contribution in [2.75, 3.05) is 11.9 Å². The minimum Gasteiger partial charge on any atom is -0.481 e. The molecule has 0 atom stereocenters. The minimum atomic E-state index is -0.898. The lowest BCUT2D eigenvalue weighted by Gasteiger charge is -2.18. The lowest BCUT2D eigenvalue weighted by Crippen LogP contribution is -2.31. The van der Waals surface area contributed by atoms with Gasteiger partial charge in [-0.05, 0) is 56.7 Å². The molecule has 0 aliphatic carbocycles. The number of nitrogens with one attached hydrogen (secondary N) is 2. The Morgan fingerprint density at radius 1 is 0.885 bits per heavy atom. The quantitative estimate of drug-likeness (QED) is 0.712. The molecule has 0 unspecified atom stereocenters. The molecule has 0 saturated carbocycles. The van der Waals surface area contributed by atoms with Crippen molar-refractivity contribution in [3.8, 4) is 0 Å². The minimum absolute atomic E-state index is 0.223. The predicted octanol–water partition coefficient (Wildman–Crippen LogP) is 3.17. The van der Waals surface area contributed by atoms with E-state index in [0.717, 1.165) is 0 Å². The lowest BCUT2D eigenvalue weighted by molar-refractivity contribution is -0.147. The highest BCUT2D eigenvalue weighted by molar-refractivity contribution is 6.04. The first-order valence-corrected chi connectivity index (χ1v) is 8.28. The molecule has 0 aromatic heterocycles. The number of hydrogen-bond acceptors (Lipinski definition) is 3. The first-order valence-electron chi connectivity index (χ1n) is 8.28. The highest BCUT2D eigenvalue weighted by Gasteiger charge is 2.26. The Hall–Kier alpha value is -3.15. The summed E-state index contributed by atoms with van der Waals surface area (Å²) >= 11 is 0. The van der Waals surface area contributed by atoms with Gasteiger partial charge in [-0.1, -0.05) is 18.2 Å². The van der Waals surface area contributed by atoms with Crippen molar-refractivity contribution >= 4 is 23.5 Å². The van der Waals surface area contributed by atoms with E-state index in [9.17, 15) is 14.4 Å². The average Bonchev–Trinajstić information content (AvgIpc) is 2.62. The van der Waals surface area contributed by atoms with E-state index >= 15 is 0 Å². The smallest absolute Gasteiger partial charge is 0.309 e. The molecule has 0 heterocycles. The summed E-state index contributed by atoms with van der Waals surface area (Å²) in [4.78, 5) is 35.2. The van der Waals surface area contributed by atoms with Gasteiger partial charge in [0.05, 0.1) is 5.41 Å². The Morgan fingerprint density at radius 2 is 1.46 bits per heavy atom. The van der Waals surface area contributed by atoms with Crippen LogP contribution in [0.15, 0.2) is 54.6 Å². The van der Waals surface area contributed by atoms with E-state index in [0.29, 0.717) is 23.2 Å². The fourth-order valence-electron chi connectivity index (χ4n) is 2.20. The molecule has 0 aliphatic heterocycles. The van der Waals surface area contributed by atoms with Gasteiger partial charge < -0.3 is 15.7 Å². The number of anilines is 1. The highest BCUT2D eigenvalue weighted by Crippen LogP contribution is 2.19. The molecule has 3 N–H and O–H groups in total. The van der Waals surface area contributed by atoms with Gasteiger partial charge in [0, 0.05) is 23.4 Å². The Balaban J connectivity index is 1.89. The predicted molar refractivity (Wildman–Crippen MR) is 99.2 cm³/mol. The second kappa shape index (κ2) is 8.29. The molecule has 2 rings (SSSR count). The van der Waals surface area contributed by atoms with Gasteiger partial charge in [-0.15, -0.1) is 0 Å². The third kappa shape index (κ3) is 5.17. The van der Waals surface area contributed by atoms with Crippen LogP contribution in [0.3, 0.4) is 0 Å². The van der Waals surface area contributed by atoms with E-state index in [1.807, 2.05) is 6.07 Å². The Labute approximate surface area is 152 Å². The van der Waals surface area contributed by atoms with Crippen LogP contribution in [0, 0.1) is 5.41 Å². The van der Waals surface area contributed by atoms with Crippen molar-refractivity contribution < 1.29 is 19.5 Å². The second-order valence-corrected chi connectivity index (χ2v) is 6.59. The van der Waals surface area contributed by atoms with Crippen molar-refractivity contribution in [1.82, 2.24) is 5.32 Å². The summed E-state index contributed by atoms with van der Waals surface area (Å²) in [5.74, 6) is -1.41. The molecule has 6 nitrogen and oxygen atoms in total. The standard InChI is InChI=1S/C20H22N2O4/c1-20(2,19(25)26)12-13-21-17(23)15-8-10-16(11-9-15)22-18(24)14-6-4-3-5-7-14/h3-11H,12-13H2,1-2H3,(H,21,23)(H,22,24)(H,25,26). The van der Waals surface area contributed by atoms with E-state index in [4.69, 9.17) is 5.11 Å². The van der Waals surface area contributed by atoms with Crippen LogP contribution in [0.25, 0.3) is 0 Å². The molecule has 26 heavy (non-hydrogen) atoms. The molecule has 2 aromatic rings. The number of carbonyl (C=O) groups is 3. The van der Waals surface area contributed by atoms with Gasteiger partial charge in [-0.2, -0.15) is 0 Å². The van der Waals surface area contributed by atoms with Crippen LogP contribution >= 0.6 is 0 Å². The SMILES string of the molecule is CC(C)(CCNC(=O)c1ccc(NC(=O)c2ccccc2)cc1)C(=O)O. The van der Waals surface area contributed by atoms with E-state index in [2.05, 4.69) is 10.6 Å². The van der Waals surface area contributed by atoms with E-state index < -0.39 is 11.4 Å². The van der Waals surface area contributed by atoms with Gasteiger partial charge in [0.1, 0.15) is 0 Å². The van der Waals surface area contributed by atoms with Crippen molar-refractivity contribution in [2.24, 2.45) is 5.41 Å². The third-order valence-electron chi connectivity index (χ3n) is 4.06. The normalized spacial score (nSPS) is 10.8. The van der Waals surface area contributed by atoms with Gasteiger partial charge in [0.25, 0.3) is 11.8 Å². The van der Waals surface area contributed by atoms with E-state index in [1.54, 1.807) is 62.4 Å². The van der Waals surface area contributed by atoms with Crippen LogP contribution in [0.4, 0.5) is 5.69 Å². The number of rotatable bonds is 7. The largest absolute Gasteiger partial charge is 0.481 e. The number of aliphatic carboxylic acids is 1. The molecule has 0 aliphatic rings. The molecular weight excluding hydrogens is 332 g/mol. The molecular formula is C20H22N2O4. The van der Waals surface area contributed by atoms with Crippen molar-refractivity contribution in [3.05, 3.63) is 65.7 Å². The summed E-state index contributed by atoms with van der Waals surface area (Å²) in [7, 11) is 0. The molecule has 0 fully saturated rings. The van der Waals surface area contributed by atoms with Crippen molar-refractivity contribution in [3.63, 3.8) is 0 Å². The van der Waals surface area contributed by atoms with Crippen LogP contribution in [0.5, 0.6) is 0 Å². The average molecular weight is 354 g/mol. The zero-order valence-corrected chi connectivity index (χ0v) is 14.8. The number of carboxylic acid groups (broad SMARTS) is 1. The fourth-order valence-corrected chi connectivity index (χ4v) is 2.20. The summed E-state index contributed by atoms with van der Waals surface area (Å²) in [5.41, 5.74) is 0.687. The van der Waals surface area contributed by atoms with Crippen LogP contribution in [-0.2, 0) is 4.79 Å². The molecule has 0 spiro atoms. The molecule has 0 radical (unpaired) electrons. The van der Waals surface area contributed by atoms with Crippen LogP contribution < -0.4 is 10.6 Å². The maximum absolute atomic E-state index is 12.1. The Kier molecular flexibility index (Phi) is 6.11. The van der Waals surface area contributed by atoms with E-state index in [1.165, 1.54) is 0 Å². The number of carboxylic acids is 1. The van der Waals surface area contributed by atoms with Gasteiger partial charge in [-0.25, -0.2) is 0 Å². The third-order valence-corrected chi connectivity index (χ3v) is 4.06. The topological polar surface area (TPSA) is 95.5 Å². The first-order chi connectivity index (χ1) is 12.3. The van der Waals surface area contributed by atoms with Crippen LogP contribution in [0.1, 0.15) is 41.0 Å². The molecule has 0 bridgehead atoms. The number of carbonyl (C=O) groups excluding carboxylic acids is 2. The zero-order valence-electron chi connectivity index (χ0n) is 14.8. The number of benzene rings is 2. The summed E-state index contributed by atoms with van der Waals surface area (Å²) in [5, 5.41) is 14.5. The number of amides is 2. The summed E-state index contributed by atoms with van der Waals surface area (Å²) in [6.45, 7) is 3.50. The van der Waals surface area contributed by atoms with Gasteiger partial charge >= 0.3 is 5.97 Å². The monoisotopic (exact) mass is 354 g/mol. The van der Waals surface area contributed by atoms with Crippen molar-refractivity contribution in [2.45, 2.75) is 20.3 Å². The van der Waals surface area contributed by atoms with Crippen LogP contribution in [-0.4, -0.2) is 29.4 Å². The summed E-state index contributed by atoms with van der Waals surface area (Å²) < 4.78 is 0. The molecule has 6 heteroatoms. The zero-order chi connectivity index (χ0) is 19.2.